The minimum absolute atomic E-state index is 0.376. The molecule has 2 heterocycles. The van der Waals surface area contributed by atoms with E-state index >= 15 is 0 Å². The molecule has 5 nitrogen and oxygen atoms in total. The molecule has 0 saturated carbocycles. The summed E-state index contributed by atoms with van der Waals surface area (Å²) in [5, 5.41) is 8.01. The second kappa shape index (κ2) is 5.95. The highest BCUT2D eigenvalue weighted by Crippen LogP contribution is 2.30. The number of aromatic nitrogens is 2. The summed E-state index contributed by atoms with van der Waals surface area (Å²) < 4.78 is 11.6. The summed E-state index contributed by atoms with van der Waals surface area (Å²) in [5.74, 6) is 2.05. The van der Waals surface area contributed by atoms with Gasteiger partial charge in [-0.1, -0.05) is 6.07 Å². The van der Waals surface area contributed by atoms with Crippen molar-refractivity contribution in [3.8, 4) is 11.7 Å². The van der Waals surface area contributed by atoms with Crippen LogP contribution in [0.3, 0.4) is 0 Å². The predicted molar refractivity (Wildman–Crippen MR) is 84.9 cm³/mol. The molecule has 108 valence electrons. The fourth-order valence-corrected chi connectivity index (χ4v) is 2.98. The van der Waals surface area contributed by atoms with Crippen molar-refractivity contribution < 1.29 is 8.83 Å². The maximum atomic E-state index is 5.89. The van der Waals surface area contributed by atoms with Gasteiger partial charge >= 0.3 is 0 Å². The van der Waals surface area contributed by atoms with Gasteiger partial charge in [0.15, 0.2) is 10.4 Å². The molecule has 2 aromatic heterocycles. The van der Waals surface area contributed by atoms with Gasteiger partial charge in [-0.2, -0.15) is 0 Å². The number of nitrogen functional groups attached to an aromatic ring is 1. The molecule has 0 unspecified atom stereocenters. The number of rotatable bonds is 4. The summed E-state index contributed by atoms with van der Waals surface area (Å²) in [6.45, 7) is 2.00. The molecule has 7 heteroatoms. The van der Waals surface area contributed by atoms with Crippen molar-refractivity contribution in [1.82, 2.24) is 10.2 Å². The lowest BCUT2D eigenvalue weighted by Crippen LogP contribution is -1.91. The van der Waals surface area contributed by atoms with Crippen LogP contribution in [0.25, 0.3) is 11.7 Å². The van der Waals surface area contributed by atoms with Crippen LogP contribution in [0.2, 0.25) is 0 Å². The normalized spacial score (nSPS) is 11.0. The Labute approximate surface area is 134 Å². The van der Waals surface area contributed by atoms with Crippen molar-refractivity contribution in [1.29, 1.82) is 0 Å². The number of furan rings is 1. The Balaban J connectivity index is 1.72. The average Bonchev–Trinajstić information content (AvgIpc) is 3.09. The average molecular weight is 366 g/mol. The van der Waals surface area contributed by atoms with Gasteiger partial charge in [-0.15, -0.1) is 22.0 Å². The van der Waals surface area contributed by atoms with E-state index in [4.69, 9.17) is 14.6 Å². The number of hydrogen-bond acceptors (Lipinski definition) is 6. The lowest BCUT2D eigenvalue weighted by Gasteiger charge is -2.05. The first-order valence-electron chi connectivity index (χ1n) is 6.19. The number of anilines is 1. The molecular formula is C14H12BrN3O2S. The monoisotopic (exact) mass is 365 g/mol. The Kier molecular flexibility index (Phi) is 4.03. The molecule has 1 aromatic carbocycles. The molecule has 21 heavy (non-hydrogen) atoms. The molecule has 2 N–H and O–H groups in total. The van der Waals surface area contributed by atoms with E-state index in [0.717, 1.165) is 16.1 Å². The second-order valence-corrected chi connectivity index (χ2v) is 6.16. The van der Waals surface area contributed by atoms with E-state index in [1.165, 1.54) is 0 Å². The van der Waals surface area contributed by atoms with E-state index in [1.54, 1.807) is 23.9 Å². The smallest absolute Gasteiger partial charge is 0.283 e. The molecule has 0 spiro atoms. The summed E-state index contributed by atoms with van der Waals surface area (Å²) in [6.07, 6.45) is 0. The summed E-state index contributed by atoms with van der Waals surface area (Å²) in [6, 6.07) is 9.40. The number of thioether (sulfide) groups is 1. The van der Waals surface area contributed by atoms with Crippen molar-refractivity contribution >= 4 is 33.4 Å². The summed E-state index contributed by atoms with van der Waals surface area (Å²) >= 11 is 4.85. The minimum Gasteiger partial charge on any atom is -0.444 e. The highest BCUT2D eigenvalue weighted by Gasteiger charge is 2.13. The molecule has 0 aliphatic rings. The zero-order chi connectivity index (χ0) is 14.8. The Bertz CT molecular complexity index is 769. The molecule has 0 fully saturated rings. The second-order valence-electron chi connectivity index (χ2n) is 4.36. The van der Waals surface area contributed by atoms with Gasteiger partial charge in [0.25, 0.3) is 5.89 Å². The topological polar surface area (TPSA) is 78.1 Å². The maximum absolute atomic E-state index is 5.89. The van der Waals surface area contributed by atoms with Crippen LogP contribution in [0.5, 0.6) is 0 Å². The molecule has 3 aromatic rings. The van der Waals surface area contributed by atoms with E-state index < -0.39 is 0 Å². The molecule has 0 saturated heterocycles. The Morgan fingerprint density at radius 1 is 1.19 bits per heavy atom. The van der Waals surface area contributed by atoms with Gasteiger partial charge in [0.05, 0.1) is 5.75 Å². The SMILES string of the molecule is Cc1c(N)cccc1SCc1nnc(-c2ccc(Br)o2)o1. The molecule has 0 aliphatic heterocycles. The Morgan fingerprint density at radius 3 is 2.81 bits per heavy atom. The van der Waals surface area contributed by atoms with E-state index in [1.807, 2.05) is 25.1 Å². The standard InChI is InChI=1S/C14H12BrN3O2S/c1-8-9(16)3-2-4-11(8)21-7-13-17-18-14(20-13)10-5-6-12(15)19-10/h2-6H,7,16H2,1H3. The third kappa shape index (κ3) is 3.14. The highest BCUT2D eigenvalue weighted by atomic mass is 79.9. The van der Waals surface area contributed by atoms with Gasteiger partial charge in [-0.3, -0.25) is 0 Å². The molecule has 0 atom stereocenters. The van der Waals surface area contributed by atoms with Crippen LogP contribution in [-0.2, 0) is 5.75 Å². The van der Waals surface area contributed by atoms with Crippen LogP contribution >= 0.6 is 27.7 Å². The molecule has 0 aliphatic carbocycles. The quantitative estimate of drug-likeness (QED) is 0.549. The number of nitrogens with zero attached hydrogens (tertiary/aromatic N) is 2. The lowest BCUT2D eigenvalue weighted by atomic mass is 10.2. The van der Waals surface area contributed by atoms with Crippen LogP contribution < -0.4 is 5.73 Å². The number of hydrogen-bond donors (Lipinski definition) is 1. The van der Waals surface area contributed by atoms with E-state index in [2.05, 4.69) is 26.1 Å². The van der Waals surface area contributed by atoms with Gasteiger partial charge in [-0.25, -0.2) is 0 Å². The molecule has 0 radical (unpaired) electrons. The number of nitrogens with two attached hydrogens (primary N) is 1. The predicted octanol–water partition coefficient (Wildman–Crippen LogP) is 4.28. The van der Waals surface area contributed by atoms with Crippen LogP contribution in [0, 0.1) is 6.92 Å². The van der Waals surface area contributed by atoms with Crippen molar-refractivity contribution in [2.24, 2.45) is 0 Å². The van der Waals surface area contributed by atoms with E-state index in [9.17, 15) is 0 Å². The van der Waals surface area contributed by atoms with Crippen molar-refractivity contribution in [2.45, 2.75) is 17.6 Å². The van der Waals surface area contributed by atoms with Gasteiger partial charge < -0.3 is 14.6 Å². The van der Waals surface area contributed by atoms with Crippen LogP contribution in [0.1, 0.15) is 11.5 Å². The van der Waals surface area contributed by atoms with Crippen LogP contribution in [0.4, 0.5) is 5.69 Å². The fourth-order valence-electron chi connectivity index (χ4n) is 1.77. The minimum atomic E-state index is 0.376. The lowest BCUT2D eigenvalue weighted by molar-refractivity contribution is 0.486. The molecule has 0 amide bonds. The first-order valence-corrected chi connectivity index (χ1v) is 7.97. The highest BCUT2D eigenvalue weighted by molar-refractivity contribution is 9.10. The summed E-state index contributed by atoms with van der Waals surface area (Å²) in [7, 11) is 0. The molecule has 3 rings (SSSR count). The van der Waals surface area contributed by atoms with Crippen molar-refractivity contribution in [3.05, 3.63) is 46.5 Å². The Hall–Kier alpha value is -1.73. The maximum Gasteiger partial charge on any atom is 0.283 e. The summed E-state index contributed by atoms with van der Waals surface area (Å²) in [4.78, 5) is 1.11. The number of benzene rings is 1. The van der Waals surface area contributed by atoms with Crippen molar-refractivity contribution in [2.75, 3.05) is 5.73 Å². The third-order valence-electron chi connectivity index (χ3n) is 2.93. The zero-order valence-electron chi connectivity index (χ0n) is 11.2. The van der Waals surface area contributed by atoms with E-state index in [0.29, 0.717) is 28.0 Å². The van der Waals surface area contributed by atoms with Gasteiger partial charge in [0.1, 0.15) is 0 Å². The van der Waals surface area contributed by atoms with Gasteiger partial charge in [0.2, 0.25) is 5.89 Å². The zero-order valence-corrected chi connectivity index (χ0v) is 13.6. The van der Waals surface area contributed by atoms with Crippen LogP contribution in [0.15, 0.2) is 48.7 Å². The molecular weight excluding hydrogens is 354 g/mol. The largest absolute Gasteiger partial charge is 0.444 e. The van der Waals surface area contributed by atoms with Crippen LogP contribution in [-0.4, -0.2) is 10.2 Å². The molecule has 0 bridgehead atoms. The fraction of sp³-hybridized carbons (Fsp3) is 0.143. The van der Waals surface area contributed by atoms with Gasteiger partial charge in [-0.05, 0) is 52.7 Å². The third-order valence-corrected chi connectivity index (χ3v) is 4.50. The van der Waals surface area contributed by atoms with E-state index in [-0.39, 0.29) is 0 Å². The first-order chi connectivity index (χ1) is 10.1. The van der Waals surface area contributed by atoms with Gasteiger partial charge in [0, 0.05) is 10.6 Å². The first kappa shape index (κ1) is 14.2. The van der Waals surface area contributed by atoms with Crippen molar-refractivity contribution in [3.63, 3.8) is 0 Å². The summed E-state index contributed by atoms with van der Waals surface area (Å²) in [5.41, 5.74) is 7.74. The number of halogens is 1. The Morgan fingerprint density at radius 2 is 2.05 bits per heavy atom.